The maximum absolute atomic E-state index is 12.1. The minimum Gasteiger partial charge on any atom is -0.478 e. The monoisotopic (exact) mass is 300 g/mol. The number of hydrogen-bond acceptors (Lipinski definition) is 5. The van der Waals surface area contributed by atoms with Crippen molar-refractivity contribution < 1.29 is 23.8 Å². The number of fused-ring (bicyclic) bond motifs is 1. The predicted molar refractivity (Wildman–Crippen MR) is 75.2 cm³/mol. The summed E-state index contributed by atoms with van der Waals surface area (Å²) in [5, 5.41) is 8.92. The summed E-state index contributed by atoms with van der Waals surface area (Å²) in [5.41, 5.74) is 0.542. The van der Waals surface area contributed by atoms with E-state index in [1.54, 1.807) is 19.1 Å². The summed E-state index contributed by atoms with van der Waals surface area (Å²) in [7, 11) is 0. The topological polar surface area (TPSA) is 93.8 Å². The molecule has 1 aromatic heterocycles. The van der Waals surface area contributed by atoms with Gasteiger partial charge in [-0.1, -0.05) is 12.1 Å². The van der Waals surface area contributed by atoms with Crippen LogP contribution in [-0.4, -0.2) is 17.0 Å². The highest BCUT2D eigenvalue weighted by atomic mass is 16.5. The van der Waals surface area contributed by atoms with Crippen LogP contribution in [0.3, 0.4) is 0 Å². The molecule has 0 saturated carbocycles. The molecule has 3 rings (SSSR count). The molecule has 2 aromatic rings. The van der Waals surface area contributed by atoms with Gasteiger partial charge in [-0.05, 0) is 24.6 Å². The van der Waals surface area contributed by atoms with Gasteiger partial charge in [0.2, 0.25) is 0 Å². The standard InChI is InChI=1S/C16H12O6/c1-8-6-12-14(16(20)21-8)11(7-13(17)22-12)9-2-4-10(5-3-9)15(18)19/h2-6,11H,7H2,1H3,(H,18,19)/t11-/m1/s1. The molecule has 0 saturated heterocycles. The molecule has 1 aliphatic heterocycles. The van der Waals surface area contributed by atoms with Gasteiger partial charge in [-0.15, -0.1) is 0 Å². The third kappa shape index (κ3) is 2.39. The molecular formula is C16H12O6. The molecule has 6 nitrogen and oxygen atoms in total. The number of carboxylic acids is 1. The summed E-state index contributed by atoms with van der Waals surface area (Å²) in [6.07, 6.45) is 0.00718. The Bertz CT molecular complexity index is 816. The minimum atomic E-state index is -1.04. The Morgan fingerprint density at radius 2 is 1.91 bits per heavy atom. The minimum absolute atomic E-state index is 0.00718. The fraction of sp³-hybridized carbons (Fsp3) is 0.188. The second-order valence-electron chi connectivity index (χ2n) is 5.08. The molecule has 0 aliphatic carbocycles. The van der Waals surface area contributed by atoms with Crippen LogP contribution < -0.4 is 10.4 Å². The molecule has 6 heteroatoms. The van der Waals surface area contributed by atoms with Crippen molar-refractivity contribution in [3.05, 3.63) is 63.2 Å². The van der Waals surface area contributed by atoms with Crippen LogP contribution in [0.2, 0.25) is 0 Å². The van der Waals surface area contributed by atoms with Gasteiger partial charge in [0.25, 0.3) is 0 Å². The molecule has 22 heavy (non-hydrogen) atoms. The van der Waals surface area contributed by atoms with Crippen LogP contribution in [0.5, 0.6) is 5.75 Å². The van der Waals surface area contributed by atoms with Crippen LogP contribution in [0.4, 0.5) is 0 Å². The maximum atomic E-state index is 12.1. The Morgan fingerprint density at radius 1 is 1.23 bits per heavy atom. The molecule has 0 unspecified atom stereocenters. The van der Waals surface area contributed by atoms with E-state index in [1.165, 1.54) is 18.2 Å². The summed E-state index contributed by atoms with van der Waals surface area (Å²) in [6, 6.07) is 7.57. The lowest BCUT2D eigenvalue weighted by Crippen LogP contribution is -2.26. The first-order valence-corrected chi connectivity index (χ1v) is 6.64. The summed E-state index contributed by atoms with van der Waals surface area (Å²) in [6.45, 7) is 1.60. The zero-order valence-corrected chi connectivity index (χ0v) is 11.7. The van der Waals surface area contributed by atoms with Crippen LogP contribution in [0.15, 0.2) is 39.5 Å². The molecule has 1 N–H and O–H groups in total. The number of aromatic carboxylic acids is 1. The van der Waals surface area contributed by atoms with Gasteiger partial charge in [-0.2, -0.15) is 0 Å². The lowest BCUT2D eigenvalue weighted by molar-refractivity contribution is -0.135. The first-order valence-electron chi connectivity index (χ1n) is 6.64. The summed E-state index contributed by atoms with van der Waals surface area (Å²) in [4.78, 5) is 34.7. The number of aryl methyl sites for hydroxylation is 1. The molecule has 0 spiro atoms. The first-order chi connectivity index (χ1) is 10.5. The van der Waals surface area contributed by atoms with E-state index in [0.29, 0.717) is 11.3 Å². The van der Waals surface area contributed by atoms with Crippen molar-refractivity contribution in [3.63, 3.8) is 0 Å². The van der Waals surface area contributed by atoms with E-state index in [-0.39, 0.29) is 23.3 Å². The van der Waals surface area contributed by atoms with Crippen molar-refractivity contribution in [2.45, 2.75) is 19.3 Å². The number of carboxylic acid groups (broad SMARTS) is 1. The number of hydrogen-bond donors (Lipinski definition) is 1. The quantitative estimate of drug-likeness (QED) is 0.853. The number of carbonyl (C=O) groups excluding carboxylic acids is 1. The Kier molecular flexibility index (Phi) is 3.29. The fourth-order valence-electron chi connectivity index (χ4n) is 2.57. The van der Waals surface area contributed by atoms with E-state index < -0.39 is 23.5 Å². The third-order valence-corrected chi connectivity index (χ3v) is 3.58. The fourth-order valence-corrected chi connectivity index (χ4v) is 2.57. The number of ether oxygens (including phenoxy) is 1. The van der Waals surface area contributed by atoms with Gasteiger partial charge in [-0.25, -0.2) is 9.59 Å². The van der Waals surface area contributed by atoms with E-state index in [4.69, 9.17) is 14.3 Å². The number of esters is 1. The van der Waals surface area contributed by atoms with Crippen molar-refractivity contribution in [2.75, 3.05) is 0 Å². The Labute approximate surface area is 125 Å². The first kappa shape index (κ1) is 14.1. The van der Waals surface area contributed by atoms with E-state index >= 15 is 0 Å². The molecule has 2 heterocycles. The summed E-state index contributed by atoms with van der Waals surface area (Å²) in [5.74, 6) is -1.42. The highest BCUT2D eigenvalue weighted by Gasteiger charge is 2.32. The zero-order chi connectivity index (χ0) is 15.9. The highest BCUT2D eigenvalue weighted by molar-refractivity contribution is 5.87. The van der Waals surface area contributed by atoms with E-state index in [2.05, 4.69) is 0 Å². The van der Waals surface area contributed by atoms with Gasteiger partial charge in [0, 0.05) is 12.0 Å². The average Bonchev–Trinajstić information content (AvgIpc) is 2.45. The number of carbonyl (C=O) groups is 2. The Hall–Kier alpha value is -2.89. The predicted octanol–water partition coefficient (Wildman–Crippen LogP) is 2.09. The largest absolute Gasteiger partial charge is 0.478 e. The third-order valence-electron chi connectivity index (χ3n) is 3.58. The normalized spacial score (nSPS) is 16.8. The Morgan fingerprint density at radius 3 is 2.55 bits per heavy atom. The molecule has 112 valence electrons. The molecule has 1 aromatic carbocycles. The molecule has 0 amide bonds. The van der Waals surface area contributed by atoms with Gasteiger partial charge in [0.05, 0.1) is 17.5 Å². The van der Waals surface area contributed by atoms with Crippen molar-refractivity contribution in [1.82, 2.24) is 0 Å². The summed E-state index contributed by atoms with van der Waals surface area (Å²) >= 11 is 0. The lowest BCUT2D eigenvalue weighted by atomic mass is 9.87. The molecule has 0 fully saturated rings. The molecule has 1 atom stereocenters. The second kappa shape index (κ2) is 5.14. The Balaban J connectivity index is 2.11. The van der Waals surface area contributed by atoms with Crippen LogP contribution in [0.1, 0.15) is 39.6 Å². The van der Waals surface area contributed by atoms with E-state index in [0.717, 1.165) is 0 Å². The van der Waals surface area contributed by atoms with E-state index in [9.17, 15) is 14.4 Å². The van der Waals surface area contributed by atoms with Crippen LogP contribution in [0.25, 0.3) is 0 Å². The van der Waals surface area contributed by atoms with Crippen LogP contribution in [-0.2, 0) is 4.79 Å². The van der Waals surface area contributed by atoms with E-state index in [1.807, 2.05) is 0 Å². The van der Waals surface area contributed by atoms with Crippen molar-refractivity contribution in [3.8, 4) is 5.75 Å². The van der Waals surface area contributed by atoms with Gasteiger partial charge in [0.15, 0.2) is 0 Å². The van der Waals surface area contributed by atoms with Crippen LogP contribution in [0, 0.1) is 6.92 Å². The molecule has 1 aliphatic rings. The van der Waals surface area contributed by atoms with Gasteiger partial charge < -0.3 is 14.3 Å². The SMILES string of the molecule is Cc1cc2c(c(=O)o1)[C@@H](c1ccc(C(=O)O)cc1)CC(=O)O2. The van der Waals surface area contributed by atoms with Gasteiger partial charge in [-0.3, -0.25) is 4.79 Å². The highest BCUT2D eigenvalue weighted by Crippen LogP contribution is 2.36. The smallest absolute Gasteiger partial charge is 0.343 e. The maximum Gasteiger partial charge on any atom is 0.343 e. The zero-order valence-electron chi connectivity index (χ0n) is 11.7. The molecular weight excluding hydrogens is 288 g/mol. The van der Waals surface area contributed by atoms with Gasteiger partial charge in [0.1, 0.15) is 11.5 Å². The van der Waals surface area contributed by atoms with Gasteiger partial charge >= 0.3 is 17.6 Å². The van der Waals surface area contributed by atoms with Crippen molar-refractivity contribution >= 4 is 11.9 Å². The molecule has 0 radical (unpaired) electrons. The van der Waals surface area contributed by atoms with Crippen LogP contribution >= 0.6 is 0 Å². The second-order valence-corrected chi connectivity index (χ2v) is 5.08. The van der Waals surface area contributed by atoms with Crippen molar-refractivity contribution in [2.24, 2.45) is 0 Å². The van der Waals surface area contributed by atoms with Crippen molar-refractivity contribution in [1.29, 1.82) is 0 Å². The number of rotatable bonds is 2. The average molecular weight is 300 g/mol. The molecule has 0 bridgehead atoms. The summed E-state index contributed by atoms with van der Waals surface area (Å²) < 4.78 is 10.2. The number of benzene rings is 1. The lowest BCUT2D eigenvalue weighted by Gasteiger charge is -2.23.